The van der Waals surface area contributed by atoms with Crippen LogP contribution in [0.4, 0.5) is 0 Å². The number of thiol groups is 1. The van der Waals surface area contributed by atoms with E-state index in [-0.39, 0.29) is 50.4 Å². The summed E-state index contributed by atoms with van der Waals surface area (Å²) >= 11 is 4.01. The molecule has 0 spiro atoms. The van der Waals surface area contributed by atoms with Crippen LogP contribution in [0.3, 0.4) is 0 Å². The molecule has 0 aliphatic rings. The molecule has 330 valence electrons. The van der Waals surface area contributed by atoms with Crippen LogP contribution < -0.4 is 43.8 Å². The Morgan fingerprint density at radius 2 is 1.15 bits per heavy atom. The maximum atomic E-state index is 14.3. The molecule has 0 saturated heterocycles. The van der Waals surface area contributed by atoms with Crippen molar-refractivity contribution in [3.05, 3.63) is 71.9 Å². The first kappa shape index (κ1) is 48.7. The summed E-state index contributed by atoms with van der Waals surface area (Å²) < 4.78 is 0. The highest BCUT2D eigenvalue weighted by molar-refractivity contribution is 7.80. The van der Waals surface area contributed by atoms with Gasteiger partial charge in [0.05, 0.1) is 6.04 Å². The third-order valence-electron chi connectivity index (χ3n) is 9.31. The lowest BCUT2D eigenvalue weighted by Gasteiger charge is -2.27. The van der Waals surface area contributed by atoms with E-state index in [2.05, 4.69) is 49.2 Å². The van der Waals surface area contributed by atoms with Gasteiger partial charge in [0.1, 0.15) is 30.2 Å². The number of fused-ring (bicyclic) bond motifs is 1. The van der Waals surface area contributed by atoms with Crippen LogP contribution in [0.15, 0.2) is 65.8 Å². The van der Waals surface area contributed by atoms with E-state index in [1.807, 2.05) is 0 Å². The Hall–Kier alpha value is -6.68. The number of hydrogen-bond donors (Lipinski definition) is 13. The van der Waals surface area contributed by atoms with Crippen LogP contribution in [0, 0.1) is 0 Å². The van der Waals surface area contributed by atoms with Crippen LogP contribution in [-0.2, 0) is 51.2 Å². The molecular weight excluding hydrogens is 817 g/mol. The van der Waals surface area contributed by atoms with Crippen molar-refractivity contribution < 1.29 is 53.7 Å². The minimum Gasteiger partial charge on any atom is -0.481 e. The van der Waals surface area contributed by atoms with Crippen molar-refractivity contribution in [2.45, 2.75) is 87.6 Å². The number of carbonyl (C=O) groups is 8. The standard InChI is InChI=1S/C39H52N10O11S/c40-24(12-14-31(50)51)33(54)45-26(11-6-16-43-39(41)42)34(55)46-27(13-15-32(52)53)35(56)48-29(18-22-19-44-25-10-5-4-9-23(22)25)37(58)47-28(17-21-7-2-1-3-8-21)36(57)49-30(20-61)38(59)60/h1-5,7-10,19,24,26-30,44,61H,6,11-18,20,40H2,(H,45,54)(H,46,55)(H,47,58)(H,48,56)(H,49,57)(H,50,51)(H,52,53)(H,59,60)(H4,41,42,43)/t24-,26-,27-,28-,29-,30-/m0/s1. The maximum absolute atomic E-state index is 14.3. The van der Waals surface area contributed by atoms with Crippen LogP contribution >= 0.6 is 12.6 Å². The Kier molecular flexibility index (Phi) is 19.5. The van der Waals surface area contributed by atoms with Crippen molar-refractivity contribution >= 4 is 76.9 Å². The molecule has 0 bridgehead atoms. The molecule has 0 unspecified atom stereocenters. The molecule has 3 aromatic rings. The molecule has 1 heterocycles. The quantitative estimate of drug-likeness (QED) is 0.0189. The van der Waals surface area contributed by atoms with E-state index in [0.29, 0.717) is 22.0 Å². The second-order valence-electron chi connectivity index (χ2n) is 14.0. The lowest BCUT2D eigenvalue weighted by molar-refractivity contribution is -0.142. The van der Waals surface area contributed by atoms with E-state index in [4.69, 9.17) is 22.3 Å². The summed E-state index contributed by atoms with van der Waals surface area (Å²) in [6.45, 7) is 0.0372. The summed E-state index contributed by atoms with van der Waals surface area (Å²) in [5.41, 5.74) is 18.5. The number of aromatic nitrogens is 1. The summed E-state index contributed by atoms with van der Waals surface area (Å²) in [6.07, 6.45) is -0.373. The largest absolute Gasteiger partial charge is 0.481 e. The highest BCUT2D eigenvalue weighted by atomic mass is 32.1. The highest BCUT2D eigenvalue weighted by Gasteiger charge is 2.33. The molecular formula is C39H52N10O11S. The molecule has 2 aromatic carbocycles. The number of nitrogens with two attached hydrogens (primary N) is 3. The molecule has 1 aromatic heterocycles. The second kappa shape index (κ2) is 24.4. The molecule has 21 nitrogen and oxygen atoms in total. The van der Waals surface area contributed by atoms with Gasteiger partial charge < -0.3 is 64.1 Å². The van der Waals surface area contributed by atoms with Gasteiger partial charge >= 0.3 is 17.9 Å². The fourth-order valence-corrected chi connectivity index (χ4v) is 6.31. The number of rotatable bonds is 26. The van der Waals surface area contributed by atoms with E-state index >= 15 is 0 Å². The Bertz CT molecular complexity index is 2040. The summed E-state index contributed by atoms with van der Waals surface area (Å²) in [6, 6.07) is 7.13. The molecule has 0 fully saturated rings. The predicted molar refractivity (Wildman–Crippen MR) is 225 cm³/mol. The van der Waals surface area contributed by atoms with Crippen LogP contribution in [0.25, 0.3) is 10.9 Å². The highest BCUT2D eigenvalue weighted by Crippen LogP contribution is 2.20. The van der Waals surface area contributed by atoms with Gasteiger partial charge in [0, 0.05) is 55.1 Å². The first-order valence-corrected chi connectivity index (χ1v) is 19.8. The minimum atomic E-state index is -1.60. The second-order valence-corrected chi connectivity index (χ2v) is 14.4. The number of nitrogens with zero attached hydrogens (tertiary/aromatic N) is 1. The average Bonchev–Trinajstić information content (AvgIpc) is 3.63. The molecule has 0 aliphatic heterocycles. The zero-order valence-electron chi connectivity index (χ0n) is 33.0. The van der Waals surface area contributed by atoms with Gasteiger partial charge in [0.25, 0.3) is 0 Å². The van der Waals surface area contributed by atoms with Gasteiger partial charge in [-0.3, -0.25) is 38.6 Å². The molecule has 22 heteroatoms. The third kappa shape index (κ3) is 16.5. The number of benzene rings is 2. The molecule has 5 amide bonds. The molecule has 3 rings (SSSR count). The van der Waals surface area contributed by atoms with E-state index in [1.165, 1.54) is 0 Å². The van der Waals surface area contributed by atoms with E-state index in [1.54, 1.807) is 60.8 Å². The Labute approximate surface area is 355 Å². The van der Waals surface area contributed by atoms with Gasteiger partial charge in [0.2, 0.25) is 29.5 Å². The van der Waals surface area contributed by atoms with Crippen LogP contribution in [0.1, 0.15) is 49.7 Å². The number of carboxylic acids is 3. The van der Waals surface area contributed by atoms with Crippen molar-refractivity contribution in [3.63, 3.8) is 0 Å². The van der Waals surface area contributed by atoms with Crippen molar-refractivity contribution in [2.75, 3.05) is 12.3 Å². The summed E-state index contributed by atoms with van der Waals surface area (Å²) in [4.78, 5) is 110. The fraction of sp³-hybridized carbons (Fsp3) is 0.410. The van der Waals surface area contributed by atoms with E-state index in [9.17, 15) is 48.6 Å². The van der Waals surface area contributed by atoms with Crippen LogP contribution in [0.2, 0.25) is 0 Å². The van der Waals surface area contributed by atoms with Crippen molar-refractivity contribution in [3.8, 4) is 0 Å². The van der Waals surface area contributed by atoms with Gasteiger partial charge in [-0.2, -0.15) is 12.6 Å². The minimum absolute atomic E-state index is 0.0372. The first-order valence-electron chi connectivity index (χ1n) is 19.2. The number of amides is 5. The third-order valence-corrected chi connectivity index (χ3v) is 9.67. The van der Waals surface area contributed by atoms with Gasteiger partial charge in [-0.15, -0.1) is 0 Å². The maximum Gasteiger partial charge on any atom is 0.327 e. The first-order chi connectivity index (χ1) is 29.0. The zero-order chi connectivity index (χ0) is 45.1. The number of para-hydroxylation sites is 1. The van der Waals surface area contributed by atoms with Gasteiger partial charge in [0.15, 0.2) is 5.96 Å². The number of hydrogen-bond acceptors (Lipinski definition) is 11. The number of carbonyl (C=O) groups excluding carboxylic acids is 5. The van der Waals surface area contributed by atoms with E-state index in [0.717, 1.165) is 0 Å². The number of aliphatic imine (C=N–C) groups is 1. The smallest absolute Gasteiger partial charge is 0.327 e. The SMILES string of the molecule is NC(N)=NCCC[C@H](NC(=O)[C@@H](N)CCC(=O)O)C(=O)N[C@@H](CCC(=O)O)C(=O)N[C@@H](Cc1c[nH]c2ccccc12)C(=O)N[C@@H](Cc1ccccc1)C(=O)N[C@@H](CS)C(=O)O. The summed E-state index contributed by atoms with van der Waals surface area (Å²) in [7, 11) is 0. The summed E-state index contributed by atoms with van der Waals surface area (Å²) in [5, 5.41) is 41.3. The van der Waals surface area contributed by atoms with Crippen LogP contribution in [0.5, 0.6) is 0 Å². The normalized spacial score (nSPS) is 13.9. The zero-order valence-corrected chi connectivity index (χ0v) is 33.9. The number of H-pyrrole nitrogens is 1. The number of aromatic amines is 1. The van der Waals surface area contributed by atoms with Crippen molar-refractivity contribution in [1.82, 2.24) is 31.6 Å². The number of aliphatic carboxylic acids is 3. The lowest BCUT2D eigenvalue weighted by Crippen LogP contribution is -2.60. The Balaban J connectivity index is 1.97. The summed E-state index contributed by atoms with van der Waals surface area (Å²) in [5.74, 6) is -8.90. The molecule has 0 aliphatic carbocycles. The predicted octanol–water partition coefficient (Wildman–Crippen LogP) is -1.50. The Morgan fingerprint density at radius 1 is 0.639 bits per heavy atom. The van der Waals surface area contributed by atoms with Crippen molar-refractivity contribution in [2.24, 2.45) is 22.2 Å². The van der Waals surface area contributed by atoms with Gasteiger partial charge in [-0.1, -0.05) is 48.5 Å². The van der Waals surface area contributed by atoms with Crippen molar-refractivity contribution in [1.29, 1.82) is 0 Å². The lowest BCUT2D eigenvalue weighted by atomic mass is 10.0. The molecule has 15 N–H and O–H groups in total. The fourth-order valence-electron chi connectivity index (χ4n) is 6.06. The molecule has 0 saturated carbocycles. The number of nitrogens with one attached hydrogen (secondary N) is 6. The topological polar surface area (TPSA) is 364 Å². The monoisotopic (exact) mass is 868 g/mol. The van der Waals surface area contributed by atoms with Gasteiger partial charge in [-0.25, -0.2) is 4.79 Å². The molecule has 0 radical (unpaired) electrons. The number of carboxylic acid groups (broad SMARTS) is 3. The van der Waals surface area contributed by atoms with Gasteiger partial charge in [-0.05, 0) is 42.9 Å². The Morgan fingerprint density at radius 3 is 1.74 bits per heavy atom. The van der Waals surface area contributed by atoms with E-state index < -0.39 is 103 Å². The molecule has 61 heavy (non-hydrogen) atoms. The van der Waals surface area contributed by atoms with Crippen LogP contribution in [-0.4, -0.2) is 122 Å². The molecule has 6 atom stereocenters. The average molecular weight is 869 g/mol. The number of guanidine groups is 1.